The topological polar surface area (TPSA) is 60.8 Å². The van der Waals surface area contributed by atoms with Gasteiger partial charge in [0, 0.05) is 48.7 Å². The van der Waals surface area contributed by atoms with E-state index >= 15 is 0 Å². The van der Waals surface area contributed by atoms with Gasteiger partial charge in [0.15, 0.2) is 0 Å². The van der Waals surface area contributed by atoms with E-state index in [1.807, 2.05) is 0 Å². The van der Waals surface area contributed by atoms with Crippen molar-refractivity contribution in [2.24, 2.45) is 39.9 Å². The number of ketones is 1. The van der Waals surface area contributed by atoms with Gasteiger partial charge < -0.3 is 10.2 Å². The maximum Gasteiger partial charge on any atom is 0.134 e. The molecule has 9 fully saturated rings. The lowest BCUT2D eigenvalue weighted by molar-refractivity contribution is -0.207. The van der Waals surface area contributed by atoms with Gasteiger partial charge in [0.25, 0.3) is 0 Å². The van der Waals surface area contributed by atoms with E-state index < -0.39 is 12.2 Å². The molecule has 4 heteroatoms. The molecule has 9 aliphatic rings. The number of aliphatic hydroxyl groups is 2. The zero-order valence-electron chi connectivity index (χ0n) is 14.1. The Kier molecular flexibility index (Phi) is 1.86. The first-order valence-corrected chi connectivity index (χ1v) is 9.66. The minimum atomic E-state index is -0.501. The summed E-state index contributed by atoms with van der Waals surface area (Å²) in [5.74, 6) is 1.23. The van der Waals surface area contributed by atoms with E-state index in [1.54, 1.807) is 0 Å². The van der Waals surface area contributed by atoms with E-state index in [1.165, 1.54) is 0 Å². The van der Waals surface area contributed by atoms with Crippen LogP contribution in [0.5, 0.6) is 0 Å². The molecule has 4 nitrogen and oxygen atoms in total. The SMILES string of the molecule is C=C1C[C@]23C[C@H]4[C@@H]5[C@@]6(C)CC(=O)C[C@]57[C@@H]([C@H]2[C@@H](O)[C@H]1[C@@H](O)[C@@H]37)N4C6. The number of rotatable bonds is 0. The Balaban J connectivity index is 1.55. The fraction of sp³-hybridized carbons (Fsp3) is 0.850. The smallest absolute Gasteiger partial charge is 0.134 e. The van der Waals surface area contributed by atoms with E-state index in [0.29, 0.717) is 30.2 Å². The largest absolute Gasteiger partial charge is 0.392 e. The summed E-state index contributed by atoms with van der Waals surface area (Å²) in [7, 11) is 0. The highest BCUT2D eigenvalue weighted by Gasteiger charge is 2.90. The van der Waals surface area contributed by atoms with Crippen molar-refractivity contribution in [1.82, 2.24) is 4.90 Å². The van der Waals surface area contributed by atoms with Crippen molar-refractivity contribution in [3.05, 3.63) is 12.2 Å². The lowest BCUT2D eigenvalue weighted by atomic mass is 9.40. The summed E-state index contributed by atoms with van der Waals surface area (Å²) in [6, 6.07) is 0.897. The van der Waals surface area contributed by atoms with Crippen LogP contribution in [0.4, 0.5) is 0 Å². The van der Waals surface area contributed by atoms with Gasteiger partial charge in [-0.2, -0.15) is 0 Å². The van der Waals surface area contributed by atoms with E-state index in [-0.39, 0.29) is 34.0 Å². The molecule has 12 atom stereocenters. The van der Waals surface area contributed by atoms with E-state index in [9.17, 15) is 15.0 Å². The summed E-state index contributed by atoms with van der Waals surface area (Å²) in [6.07, 6.45) is 2.48. The van der Waals surface area contributed by atoms with E-state index in [2.05, 4.69) is 18.4 Å². The predicted octanol–water partition coefficient (Wildman–Crippen LogP) is 0.972. The first-order chi connectivity index (χ1) is 11.4. The van der Waals surface area contributed by atoms with Crippen molar-refractivity contribution in [3.63, 3.8) is 0 Å². The second-order valence-electron chi connectivity index (χ2n) is 10.6. The fourth-order valence-corrected chi connectivity index (χ4v) is 10.4. The maximum atomic E-state index is 12.8. The summed E-state index contributed by atoms with van der Waals surface area (Å²) in [6.45, 7) is 7.58. The van der Waals surface area contributed by atoms with Crippen LogP contribution in [0.1, 0.15) is 32.6 Å². The summed E-state index contributed by atoms with van der Waals surface area (Å²) in [4.78, 5) is 15.5. The summed E-state index contributed by atoms with van der Waals surface area (Å²) in [5, 5.41) is 22.5. The molecule has 6 aliphatic carbocycles. The first kappa shape index (κ1) is 13.5. The van der Waals surface area contributed by atoms with Crippen molar-refractivity contribution in [2.45, 2.75) is 56.9 Å². The molecule has 128 valence electrons. The average molecular weight is 327 g/mol. The maximum absolute atomic E-state index is 12.8. The number of hydrogen-bond acceptors (Lipinski definition) is 4. The molecule has 3 heterocycles. The Labute approximate surface area is 141 Å². The molecule has 0 aromatic heterocycles. The van der Waals surface area contributed by atoms with Crippen LogP contribution >= 0.6 is 0 Å². The van der Waals surface area contributed by atoms with Gasteiger partial charge in [-0.25, -0.2) is 0 Å². The van der Waals surface area contributed by atoms with Crippen LogP contribution in [0.2, 0.25) is 0 Å². The van der Waals surface area contributed by atoms with Crippen molar-refractivity contribution < 1.29 is 15.0 Å². The number of nitrogens with zero attached hydrogens (tertiary/aromatic N) is 1. The van der Waals surface area contributed by atoms with Gasteiger partial charge in [-0.3, -0.25) is 9.69 Å². The van der Waals surface area contributed by atoms with Gasteiger partial charge in [-0.15, -0.1) is 0 Å². The average Bonchev–Trinajstić information content (AvgIpc) is 2.88. The lowest BCUT2D eigenvalue weighted by Crippen LogP contribution is -2.67. The summed E-state index contributed by atoms with van der Waals surface area (Å²) >= 11 is 0. The Hall–Kier alpha value is -0.710. The molecule has 0 aromatic rings. The molecule has 0 amide bonds. The van der Waals surface area contributed by atoms with Gasteiger partial charge in [0.2, 0.25) is 0 Å². The van der Waals surface area contributed by atoms with Crippen LogP contribution in [0, 0.1) is 39.9 Å². The van der Waals surface area contributed by atoms with Gasteiger partial charge in [0.1, 0.15) is 5.78 Å². The molecule has 6 saturated carbocycles. The third kappa shape index (κ3) is 0.945. The van der Waals surface area contributed by atoms with Gasteiger partial charge >= 0.3 is 0 Å². The molecule has 0 radical (unpaired) electrons. The number of Topliss-reactive ketones (excluding diaryl/α,β-unsaturated/α-hetero) is 1. The van der Waals surface area contributed by atoms with Crippen LogP contribution in [0.3, 0.4) is 0 Å². The molecular weight excluding hydrogens is 302 g/mol. The Morgan fingerprint density at radius 3 is 2.75 bits per heavy atom. The molecule has 24 heavy (non-hydrogen) atoms. The van der Waals surface area contributed by atoms with Crippen molar-refractivity contribution in [1.29, 1.82) is 0 Å². The monoisotopic (exact) mass is 327 g/mol. The molecule has 3 saturated heterocycles. The number of fused-ring (bicyclic) bond motifs is 1. The number of carbonyl (C=O) groups excluding carboxylic acids is 1. The normalized spacial score (nSPS) is 73.0. The van der Waals surface area contributed by atoms with Crippen molar-refractivity contribution >= 4 is 5.78 Å². The first-order valence-electron chi connectivity index (χ1n) is 9.66. The number of piperidine rings is 2. The lowest BCUT2D eigenvalue weighted by Gasteiger charge is -2.65. The third-order valence-corrected chi connectivity index (χ3v) is 9.96. The van der Waals surface area contributed by atoms with Crippen LogP contribution in [0.25, 0.3) is 0 Å². The Morgan fingerprint density at radius 2 is 1.96 bits per heavy atom. The molecule has 9 rings (SSSR count). The van der Waals surface area contributed by atoms with Crippen LogP contribution < -0.4 is 0 Å². The molecule has 0 aromatic carbocycles. The number of aliphatic hydroxyl groups excluding tert-OH is 2. The summed E-state index contributed by atoms with van der Waals surface area (Å²) < 4.78 is 0. The quantitative estimate of drug-likeness (QED) is 0.651. The van der Waals surface area contributed by atoms with Crippen molar-refractivity contribution in [3.8, 4) is 0 Å². The number of hydrogen-bond donors (Lipinski definition) is 2. The highest BCUT2D eigenvalue weighted by Crippen LogP contribution is 2.86. The highest BCUT2D eigenvalue weighted by molar-refractivity contribution is 5.82. The minimum Gasteiger partial charge on any atom is -0.392 e. The number of carbonyl (C=O) groups is 1. The molecular formula is C20H25NO3. The van der Waals surface area contributed by atoms with E-state index in [0.717, 1.165) is 31.4 Å². The van der Waals surface area contributed by atoms with Crippen LogP contribution in [0.15, 0.2) is 12.2 Å². The standard InChI is InChI=1S/C20H25NO3/c1-8-3-19-6-10-15-18(2)4-9(22)5-20(15)16(19)14(24)11(8)13(23)12(19)17(20)21(10)7-18/h10-17,23-24H,1,3-7H2,2H3/t10-,11-,12+,13-,14+,15+,16-,17+,18-,19-,20-/m0/s1. The second-order valence-corrected chi connectivity index (χ2v) is 10.6. The second kappa shape index (κ2) is 3.30. The molecule has 3 aliphatic heterocycles. The predicted molar refractivity (Wildman–Crippen MR) is 85.8 cm³/mol. The minimum absolute atomic E-state index is 0.00979. The molecule has 2 spiro atoms. The van der Waals surface area contributed by atoms with E-state index in [4.69, 9.17) is 0 Å². The fourth-order valence-electron chi connectivity index (χ4n) is 10.4. The Morgan fingerprint density at radius 1 is 1.17 bits per heavy atom. The third-order valence-electron chi connectivity index (χ3n) is 9.96. The zero-order chi connectivity index (χ0) is 16.4. The van der Waals surface area contributed by atoms with Crippen molar-refractivity contribution in [2.75, 3.05) is 6.54 Å². The molecule has 9 bridgehead atoms. The zero-order valence-corrected chi connectivity index (χ0v) is 14.1. The van der Waals surface area contributed by atoms with Gasteiger partial charge in [-0.1, -0.05) is 19.1 Å². The molecule has 2 N–H and O–H groups in total. The summed E-state index contributed by atoms with van der Waals surface area (Å²) in [5.41, 5.74) is 1.10. The van der Waals surface area contributed by atoms with Gasteiger partial charge in [0.05, 0.1) is 12.2 Å². The van der Waals surface area contributed by atoms with Crippen LogP contribution in [-0.2, 0) is 4.79 Å². The molecule has 1 unspecified atom stereocenters. The van der Waals surface area contributed by atoms with Gasteiger partial charge in [-0.05, 0) is 35.5 Å². The highest BCUT2D eigenvalue weighted by atomic mass is 16.3. The Bertz CT molecular complexity index is 749. The van der Waals surface area contributed by atoms with Crippen LogP contribution in [-0.4, -0.2) is 51.7 Å².